The minimum Gasteiger partial charge on any atom is -0.249 e. The van der Waals surface area contributed by atoms with Crippen LogP contribution in [-0.2, 0) is 21.8 Å². The maximum Gasteiger partial charge on any atom is 0.125 e. The molecule has 0 aliphatic rings. The molecule has 3 rings (SSSR count). The molecule has 0 bridgehead atoms. The van der Waals surface area contributed by atoms with Gasteiger partial charge in [0.05, 0.1) is 21.7 Å². The van der Waals surface area contributed by atoms with E-state index in [1.165, 1.54) is 0 Å². The standard InChI is InChI=1S/C27H31NO2S2/c1-4-5-7-12-26(31(29)24-17-13-21(2)14-18-24)27(23-10-8-6-9-11-23)28-32(30)25-19-15-22(3)16-20-25/h6,8-20,27-28H,4-5,7H2,1-3H3/b26-12+/t27?,31-,32+/m0/s1. The highest BCUT2D eigenvalue weighted by molar-refractivity contribution is 7.89. The molecule has 5 heteroatoms. The molecular weight excluding hydrogens is 434 g/mol. The predicted molar refractivity (Wildman–Crippen MR) is 135 cm³/mol. The molecule has 0 aromatic heterocycles. The molecule has 0 spiro atoms. The van der Waals surface area contributed by atoms with Gasteiger partial charge in [0.25, 0.3) is 0 Å². The fourth-order valence-electron chi connectivity index (χ4n) is 3.32. The Balaban J connectivity index is 2.01. The first-order valence-electron chi connectivity index (χ1n) is 11.0. The second kappa shape index (κ2) is 12.0. The summed E-state index contributed by atoms with van der Waals surface area (Å²) in [4.78, 5) is 2.20. The van der Waals surface area contributed by atoms with Crippen molar-refractivity contribution in [3.05, 3.63) is 107 Å². The summed E-state index contributed by atoms with van der Waals surface area (Å²) in [7, 11) is -2.83. The first-order valence-corrected chi connectivity index (χ1v) is 13.3. The van der Waals surface area contributed by atoms with Crippen LogP contribution < -0.4 is 4.72 Å². The zero-order valence-electron chi connectivity index (χ0n) is 18.9. The van der Waals surface area contributed by atoms with E-state index < -0.39 is 27.8 Å². The highest BCUT2D eigenvalue weighted by Gasteiger charge is 2.25. The topological polar surface area (TPSA) is 46.2 Å². The Morgan fingerprint density at radius 2 is 1.41 bits per heavy atom. The minimum absolute atomic E-state index is 0.433. The summed E-state index contributed by atoms with van der Waals surface area (Å²) < 4.78 is 30.3. The third-order valence-corrected chi connectivity index (χ3v) is 7.91. The van der Waals surface area contributed by atoms with Gasteiger partial charge in [-0.3, -0.25) is 0 Å². The lowest BCUT2D eigenvalue weighted by atomic mass is 10.1. The molecule has 3 aromatic rings. The van der Waals surface area contributed by atoms with Crippen LogP contribution in [0.1, 0.15) is 48.9 Å². The molecule has 0 aliphatic carbocycles. The number of nitrogens with one attached hydrogen (secondary N) is 1. The summed E-state index contributed by atoms with van der Waals surface area (Å²) in [6.45, 7) is 6.17. The van der Waals surface area contributed by atoms with Crippen molar-refractivity contribution < 1.29 is 8.42 Å². The van der Waals surface area contributed by atoms with Gasteiger partial charge in [-0.15, -0.1) is 0 Å². The summed E-state index contributed by atoms with van der Waals surface area (Å²) in [5, 5.41) is 0. The molecular formula is C27H31NO2S2. The molecule has 0 saturated carbocycles. The second-order valence-corrected chi connectivity index (χ2v) is 10.6. The number of unbranched alkanes of at least 4 members (excludes halogenated alkanes) is 2. The van der Waals surface area contributed by atoms with Crippen molar-refractivity contribution in [2.24, 2.45) is 0 Å². The van der Waals surface area contributed by atoms with Gasteiger partial charge in [-0.1, -0.05) is 91.6 Å². The van der Waals surface area contributed by atoms with Gasteiger partial charge in [0, 0.05) is 9.80 Å². The van der Waals surface area contributed by atoms with Crippen molar-refractivity contribution >= 4 is 21.8 Å². The van der Waals surface area contributed by atoms with Gasteiger partial charge in [0.15, 0.2) is 0 Å². The molecule has 0 heterocycles. The summed E-state index contributed by atoms with van der Waals surface area (Å²) in [5.74, 6) is 0. The van der Waals surface area contributed by atoms with Gasteiger partial charge in [-0.2, -0.15) is 0 Å². The fraction of sp³-hybridized carbons (Fsp3) is 0.259. The van der Waals surface area contributed by atoms with Gasteiger partial charge < -0.3 is 0 Å². The average Bonchev–Trinajstić information content (AvgIpc) is 2.82. The van der Waals surface area contributed by atoms with Crippen LogP contribution in [0.2, 0.25) is 0 Å². The van der Waals surface area contributed by atoms with Crippen LogP contribution in [0.15, 0.2) is 99.6 Å². The quantitative estimate of drug-likeness (QED) is 0.346. The molecule has 0 radical (unpaired) electrons. The molecule has 3 nitrogen and oxygen atoms in total. The molecule has 168 valence electrons. The molecule has 3 aromatic carbocycles. The number of rotatable bonds is 10. The zero-order valence-corrected chi connectivity index (χ0v) is 20.5. The van der Waals surface area contributed by atoms with E-state index in [-0.39, 0.29) is 0 Å². The average molecular weight is 466 g/mol. The van der Waals surface area contributed by atoms with E-state index in [0.717, 1.165) is 45.8 Å². The molecule has 0 saturated heterocycles. The van der Waals surface area contributed by atoms with Crippen molar-refractivity contribution in [2.75, 3.05) is 0 Å². The van der Waals surface area contributed by atoms with Gasteiger partial charge in [-0.05, 0) is 50.1 Å². The molecule has 3 atom stereocenters. The number of benzene rings is 3. The Labute approximate surface area is 197 Å². The Hall–Kier alpha value is -2.34. The highest BCUT2D eigenvalue weighted by Crippen LogP contribution is 2.30. The Morgan fingerprint density at radius 3 is 1.97 bits per heavy atom. The van der Waals surface area contributed by atoms with Crippen LogP contribution in [0.3, 0.4) is 0 Å². The lowest BCUT2D eigenvalue weighted by Gasteiger charge is -2.22. The summed E-state index contributed by atoms with van der Waals surface area (Å²) in [6.07, 6.45) is 4.96. The van der Waals surface area contributed by atoms with Crippen LogP contribution in [-0.4, -0.2) is 8.42 Å². The largest absolute Gasteiger partial charge is 0.249 e. The first kappa shape index (κ1) is 24.3. The minimum atomic E-state index is -1.45. The Morgan fingerprint density at radius 1 is 0.844 bits per heavy atom. The van der Waals surface area contributed by atoms with Gasteiger partial charge in [0.1, 0.15) is 11.0 Å². The van der Waals surface area contributed by atoms with Crippen molar-refractivity contribution in [2.45, 2.75) is 55.9 Å². The first-order chi connectivity index (χ1) is 15.5. The van der Waals surface area contributed by atoms with Crippen molar-refractivity contribution in [3.8, 4) is 0 Å². The zero-order chi connectivity index (χ0) is 22.9. The third kappa shape index (κ3) is 6.58. The van der Waals surface area contributed by atoms with E-state index in [1.54, 1.807) is 0 Å². The Kier molecular flexibility index (Phi) is 9.15. The fourth-order valence-corrected chi connectivity index (χ4v) is 5.72. The van der Waals surface area contributed by atoms with Crippen molar-refractivity contribution in [1.29, 1.82) is 0 Å². The number of hydrogen-bond acceptors (Lipinski definition) is 2. The van der Waals surface area contributed by atoms with E-state index in [2.05, 4.69) is 17.7 Å². The number of hydrogen-bond donors (Lipinski definition) is 1. The third-order valence-electron chi connectivity index (χ3n) is 5.23. The summed E-state index contributed by atoms with van der Waals surface area (Å²) in [5.41, 5.74) is 3.18. The van der Waals surface area contributed by atoms with Gasteiger partial charge in [0.2, 0.25) is 0 Å². The lowest BCUT2D eigenvalue weighted by molar-refractivity contribution is 0.657. The van der Waals surface area contributed by atoms with Crippen molar-refractivity contribution in [1.82, 2.24) is 4.72 Å². The van der Waals surface area contributed by atoms with E-state index in [0.29, 0.717) is 4.90 Å². The molecule has 32 heavy (non-hydrogen) atoms. The van der Waals surface area contributed by atoms with E-state index in [1.807, 2.05) is 92.7 Å². The predicted octanol–water partition coefficient (Wildman–Crippen LogP) is 6.54. The lowest BCUT2D eigenvalue weighted by Crippen LogP contribution is -2.27. The normalized spacial score (nSPS) is 14.7. The van der Waals surface area contributed by atoms with Crippen molar-refractivity contribution in [3.63, 3.8) is 0 Å². The number of allylic oxidation sites excluding steroid dienone is 1. The molecule has 0 aliphatic heterocycles. The SMILES string of the molecule is CCCC/C=C(\C(N[S@](=O)c1ccc(C)cc1)c1ccccc1)[S@@](=O)c1ccc(C)cc1. The molecule has 0 amide bonds. The summed E-state index contributed by atoms with van der Waals surface area (Å²) in [6, 6.07) is 24.9. The van der Waals surface area contributed by atoms with E-state index in [9.17, 15) is 8.42 Å². The Bertz CT molecular complexity index is 1070. The number of aryl methyl sites for hydroxylation is 2. The smallest absolute Gasteiger partial charge is 0.125 e. The van der Waals surface area contributed by atoms with Crippen LogP contribution in [0.5, 0.6) is 0 Å². The van der Waals surface area contributed by atoms with E-state index in [4.69, 9.17) is 0 Å². The van der Waals surface area contributed by atoms with Crippen LogP contribution in [0.25, 0.3) is 0 Å². The van der Waals surface area contributed by atoms with Crippen LogP contribution >= 0.6 is 0 Å². The van der Waals surface area contributed by atoms with Crippen LogP contribution in [0.4, 0.5) is 0 Å². The second-order valence-electron chi connectivity index (χ2n) is 7.87. The highest BCUT2D eigenvalue weighted by atomic mass is 32.2. The van der Waals surface area contributed by atoms with Crippen LogP contribution in [0, 0.1) is 13.8 Å². The van der Waals surface area contributed by atoms with Gasteiger partial charge in [-0.25, -0.2) is 13.1 Å². The monoisotopic (exact) mass is 465 g/mol. The maximum atomic E-state index is 13.7. The van der Waals surface area contributed by atoms with E-state index >= 15 is 0 Å². The maximum absolute atomic E-state index is 13.7. The summed E-state index contributed by atoms with van der Waals surface area (Å²) >= 11 is 0. The molecule has 0 fully saturated rings. The van der Waals surface area contributed by atoms with Gasteiger partial charge >= 0.3 is 0 Å². The molecule has 1 N–H and O–H groups in total. The molecule has 1 unspecified atom stereocenters.